The van der Waals surface area contributed by atoms with Crippen molar-refractivity contribution in [1.82, 2.24) is 9.97 Å². The average molecular weight is 314 g/mol. The number of aromatic nitrogens is 2. The van der Waals surface area contributed by atoms with E-state index in [0.29, 0.717) is 16.8 Å². The summed E-state index contributed by atoms with van der Waals surface area (Å²) in [7, 11) is 3.14. The normalized spacial score (nSPS) is 10.6. The molecule has 0 unspecified atom stereocenters. The topological polar surface area (TPSA) is 64.5 Å². The number of phenolic OH excluding ortho intramolecular Hbond substituents is 1. The molecule has 0 saturated heterocycles. The fourth-order valence-electron chi connectivity index (χ4n) is 2.09. The zero-order chi connectivity index (χ0) is 15.5. The number of benzene rings is 2. The van der Waals surface area contributed by atoms with Crippen molar-refractivity contribution < 1.29 is 14.6 Å². The van der Waals surface area contributed by atoms with Gasteiger partial charge in [-0.3, -0.25) is 0 Å². The third-order valence-electron chi connectivity index (χ3n) is 3.07. The van der Waals surface area contributed by atoms with Crippen LogP contribution < -0.4 is 9.47 Å². The van der Waals surface area contributed by atoms with Gasteiger partial charge in [0.2, 0.25) is 0 Å². The summed E-state index contributed by atoms with van der Waals surface area (Å²) in [5.74, 6) is 0.907. The van der Waals surface area contributed by atoms with Crippen LogP contribution in [0.2, 0.25) is 0 Å². The molecule has 0 atom stereocenters. The van der Waals surface area contributed by atoms with E-state index in [1.807, 2.05) is 24.3 Å². The highest BCUT2D eigenvalue weighted by atomic mass is 32.2. The molecular weight excluding hydrogens is 300 g/mol. The lowest BCUT2D eigenvalue weighted by Gasteiger charge is -2.10. The van der Waals surface area contributed by atoms with Crippen molar-refractivity contribution in [2.24, 2.45) is 0 Å². The Morgan fingerprint density at radius 2 is 1.82 bits per heavy atom. The summed E-state index contributed by atoms with van der Waals surface area (Å²) in [5, 5.41) is 11.1. The van der Waals surface area contributed by atoms with Crippen LogP contribution in [0.3, 0.4) is 0 Å². The maximum absolute atomic E-state index is 9.61. The first-order valence-electron chi connectivity index (χ1n) is 6.57. The molecule has 5 nitrogen and oxygen atoms in total. The van der Waals surface area contributed by atoms with Gasteiger partial charge < -0.3 is 14.6 Å². The van der Waals surface area contributed by atoms with Gasteiger partial charge in [0.1, 0.15) is 16.5 Å². The summed E-state index contributed by atoms with van der Waals surface area (Å²) in [6, 6.07) is 12.9. The van der Waals surface area contributed by atoms with Crippen LogP contribution in [0.5, 0.6) is 17.5 Å². The molecule has 3 rings (SSSR count). The molecule has 1 N–H and O–H groups in total. The first-order valence-corrected chi connectivity index (χ1v) is 7.38. The third-order valence-corrected chi connectivity index (χ3v) is 4.04. The molecule has 3 aromatic rings. The van der Waals surface area contributed by atoms with Crippen molar-refractivity contribution in [3.05, 3.63) is 42.5 Å². The molecule has 0 saturated carbocycles. The summed E-state index contributed by atoms with van der Waals surface area (Å²) in [4.78, 5) is 9.64. The van der Waals surface area contributed by atoms with Gasteiger partial charge in [0.15, 0.2) is 0 Å². The van der Waals surface area contributed by atoms with Gasteiger partial charge in [-0.25, -0.2) is 0 Å². The summed E-state index contributed by atoms with van der Waals surface area (Å²) in [6.45, 7) is 0. The zero-order valence-corrected chi connectivity index (χ0v) is 12.9. The highest BCUT2D eigenvalue weighted by molar-refractivity contribution is 7.99. The summed E-state index contributed by atoms with van der Waals surface area (Å²) in [6.07, 6.45) is 0. The molecule has 0 bridgehead atoms. The second-order valence-corrected chi connectivity index (χ2v) is 5.53. The lowest BCUT2D eigenvalue weighted by Crippen LogP contribution is -1.97. The minimum absolute atomic E-state index is 0.210. The Hall–Kier alpha value is -2.47. The van der Waals surface area contributed by atoms with E-state index in [1.165, 1.54) is 18.9 Å². The smallest absolute Gasteiger partial charge is 0.317 e. The maximum atomic E-state index is 9.61. The molecule has 0 radical (unpaired) electrons. The SMILES string of the molecule is COc1nc(Sc2cccc(O)c2)c2c(OC)cccc2n1. The summed E-state index contributed by atoms with van der Waals surface area (Å²) in [5.41, 5.74) is 0.744. The number of ether oxygens (including phenoxy) is 2. The van der Waals surface area contributed by atoms with Crippen molar-refractivity contribution in [3.8, 4) is 17.5 Å². The zero-order valence-electron chi connectivity index (χ0n) is 12.1. The van der Waals surface area contributed by atoms with E-state index in [-0.39, 0.29) is 5.75 Å². The number of methoxy groups -OCH3 is 2. The van der Waals surface area contributed by atoms with Crippen LogP contribution in [0.4, 0.5) is 0 Å². The molecule has 0 aliphatic rings. The number of fused-ring (bicyclic) bond motifs is 1. The van der Waals surface area contributed by atoms with Crippen LogP contribution in [0.15, 0.2) is 52.4 Å². The predicted molar refractivity (Wildman–Crippen MR) is 84.9 cm³/mol. The minimum atomic E-state index is 0.210. The van der Waals surface area contributed by atoms with Crippen molar-refractivity contribution in [2.45, 2.75) is 9.92 Å². The Balaban J connectivity index is 2.17. The lowest BCUT2D eigenvalue weighted by atomic mass is 10.2. The highest BCUT2D eigenvalue weighted by Gasteiger charge is 2.14. The first-order chi connectivity index (χ1) is 10.7. The van der Waals surface area contributed by atoms with Gasteiger partial charge in [0.25, 0.3) is 0 Å². The fraction of sp³-hybridized carbons (Fsp3) is 0.125. The minimum Gasteiger partial charge on any atom is -0.508 e. The van der Waals surface area contributed by atoms with E-state index in [4.69, 9.17) is 9.47 Å². The summed E-state index contributed by atoms with van der Waals surface area (Å²) < 4.78 is 10.6. The van der Waals surface area contributed by atoms with Crippen molar-refractivity contribution in [3.63, 3.8) is 0 Å². The molecule has 2 aromatic carbocycles. The Labute approximate surface area is 131 Å². The van der Waals surface area contributed by atoms with E-state index < -0.39 is 0 Å². The number of nitrogens with zero attached hydrogens (tertiary/aromatic N) is 2. The quantitative estimate of drug-likeness (QED) is 0.744. The van der Waals surface area contributed by atoms with Crippen molar-refractivity contribution in [1.29, 1.82) is 0 Å². The average Bonchev–Trinajstić information content (AvgIpc) is 2.54. The molecule has 112 valence electrons. The van der Waals surface area contributed by atoms with Gasteiger partial charge in [-0.2, -0.15) is 9.97 Å². The highest BCUT2D eigenvalue weighted by Crippen LogP contribution is 2.38. The predicted octanol–water partition coefficient (Wildman–Crippen LogP) is 3.50. The number of aromatic hydroxyl groups is 1. The van der Waals surface area contributed by atoms with Gasteiger partial charge >= 0.3 is 6.01 Å². The van der Waals surface area contributed by atoms with Crippen molar-refractivity contribution >= 4 is 22.7 Å². The summed E-state index contributed by atoms with van der Waals surface area (Å²) >= 11 is 1.42. The standard InChI is InChI=1S/C16H14N2O3S/c1-20-13-8-4-7-12-14(13)15(18-16(17-12)21-2)22-11-6-3-5-10(19)9-11/h3-9,19H,1-2H3. The van der Waals surface area contributed by atoms with E-state index >= 15 is 0 Å². The van der Waals surface area contributed by atoms with Gasteiger partial charge in [0, 0.05) is 4.90 Å². The monoisotopic (exact) mass is 314 g/mol. The molecule has 1 heterocycles. The van der Waals surface area contributed by atoms with Gasteiger partial charge in [0.05, 0.1) is 25.1 Å². The van der Waals surface area contributed by atoms with E-state index in [0.717, 1.165) is 15.8 Å². The fourth-order valence-corrected chi connectivity index (χ4v) is 3.07. The maximum Gasteiger partial charge on any atom is 0.317 e. The van der Waals surface area contributed by atoms with Crippen LogP contribution in [-0.2, 0) is 0 Å². The van der Waals surface area contributed by atoms with Crippen LogP contribution >= 0.6 is 11.8 Å². The second-order valence-electron chi connectivity index (χ2n) is 4.47. The second kappa shape index (κ2) is 6.11. The van der Waals surface area contributed by atoms with Crippen LogP contribution in [-0.4, -0.2) is 29.3 Å². The Morgan fingerprint density at radius 1 is 1.00 bits per heavy atom. The molecule has 0 aliphatic carbocycles. The van der Waals surface area contributed by atoms with Gasteiger partial charge in [-0.05, 0) is 30.3 Å². The Bertz CT molecular complexity index is 824. The van der Waals surface area contributed by atoms with E-state index in [2.05, 4.69) is 9.97 Å². The molecule has 1 aromatic heterocycles. The number of phenols is 1. The largest absolute Gasteiger partial charge is 0.508 e. The Morgan fingerprint density at radius 3 is 2.55 bits per heavy atom. The molecular formula is C16H14N2O3S. The van der Waals surface area contributed by atoms with Crippen LogP contribution in [0.25, 0.3) is 10.9 Å². The van der Waals surface area contributed by atoms with E-state index in [9.17, 15) is 5.11 Å². The van der Waals surface area contributed by atoms with Crippen LogP contribution in [0, 0.1) is 0 Å². The third kappa shape index (κ3) is 2.78. The van der Waals surface area contributed by atoms with Crippen LogP contribution in [0.1, 0.15) is 0 Å². The molecule has 6 heteroatoms. The number of rotatable bonds is 4. The van der Waals surface area contributed by atoms with Gasteiger partial charge in [-0.1, -0.05) is 23.9 Å². The first kappa shape index (κ1) is 14.5. The Kier molecular flexibility index (Phi) is 4.02. The molecule has 0 amide bonds. The van der Waals surface area contributed by atoms with E-state index in [1.54, 1.807) is 25.3 Å². The number of hydrogen-bond donors (Lipinski definition) is 1. The molecule has 0 spiro atoms. The van der Waals surface area contributed by atoms with Crippen molar-refractivity contribution in [2.75, 3.05) is 14.2 Å². The lowest BCUT2D eigenvalue weighted by molar-refractivity contribution is 0.377. The molecule has 0 aliphatic heterocycles. The molecule has 22 heavy (non-hydrogen) atoms. The molecule has 0 fully saturated rings. The number of hydrogen-bond acceptors (Lipinski definition) is 6. The van der Waals surface area contributed by atoms with Gasteiger partial charge in [-0.15, -0.1) is 0 Å².